The molecule has 2 rings (SSSR count). The number of nitrogens with zero attached hydrogens (tertiary/aromatic N) is 1. The van der Waals surface area contributed by atoms with Crippen molar-refractivity contribution in [2.45, 2.75) is 31.7 Å². The molecule has 3 nitrogen and oxygen atoms in total. The van der Waals surface area contributed by atoms with Gasteiger partial charge in [0.2, 0.25) is 0 Å². The second kappa shape index (κ2) is 6.68. The van der Waals surface area contributed by atoms with Crippen molar-refractivity contribution in [2.24, 2.45) is 5.73 Å². The summed E-state index contributed by atoms with van der Waals surface area (Å²) < 4.78 is 0.936. The van der Waals surface area contributed by atoms with E-state index in [-0.39, 0.29) is 6.61 Å². The van der Waals surface area contributed by atoms with Crippen LogP contribution < -0.4 is 10.6 Å². The Kier molecular flexibility index (Phi) is 5.19. The quantitative estimate of drug-likeness (QED) is 0.826. The van der Waals surface area contributed by atoms with Crippen LogP contribution in [0.3, 0.4) is 0 Å². The van der Waals surface area contributed by atoms with Crippen molar-refractivity contribution in [3.05, 3.63) is 28.2 Å². The Balaban J connectivity index is 2.24. The first kappa shape index (κ1) is 14.8. The third kappa shape index (κ3) is 3.46. The Hall–Kier alpha value is -0.650. The van der Waals surface area contributed by atoms with Crippen molar-refractivity contribution in [3.8, 4) is 0 Å². The SMILES string of the molecule is NC(=S)c1ccc(N2CCCCC2CCO)cc1Br. The molecular weight excluding hydrogens is 324 g/mol. The normalized spacial score (nSPS) is 19.5. The van der Waals surface area contributed by atoms with Gasteiger partial charge in [0.25, 0.3) is 0 Å². The molecule has 5 heteroatoms. The molecule has 1 atom stereocenters. The number of hydrogen-bond donors (Lipinski definition) is 2. The van der Waals surface area contributed by atoms with E-state index >= 15 is 0 Å². The van der Waals surface area contributed by atoms with Crippen LogP contribution in [0.1, 0.15) is 31.2 Å². The monoisotopic (exact) mass is 342 g/mol. The maximum absolute atomic E-state index is 9.19. The van der Waals surface area contributed by atoms with Gasteiger partial charge in [-0.05, 0) is 59.8 Å². The average molecular weight is 343 g/mol. The van der Waals surface area contributed by atoms with Crippen molar-refractivity contribution in [3.63, 3.8) is 0 Å². The zero-order valence-electron chi connectivity index (χ0n) is 10.8. The molecule has 1 aliphatic heterocycles. The van der Waals surface area contributed by atoms with E-state index in [0.717, 1.165) is 29.4 Å². The van der Waals surface area contributed by atoms with Gasteiger partial charge in [-0.3, -0.25) is 0 Å². The van der Waals surface area contributed by atoms with Crippen LogP contribution in [0.25, 0.3) is 0 Å². The highest BCUT2D eigenvalue weighted by molar-refractivity contribution is 9.10. The minimum absolute atomic E-state index is 0.243. The van der Waals surface area contributed by atoms with Crippen LogP contribution in [0, 0.1) is 0 Å². The lowest BCUT2D eigenvalue weighted by Crippen LogP contribution is -2.40. The van der Waals surface area contributed by atoms with E-state index < -0.39 is 0 Å². The molecule has 1 fully saturated rings. The first-order valence-electron chi connectivity index (χ1n) is 6.60. The third-order valence-electron chi connectivity index (χ3n) is 3.64. The Morgan fingerprint density at radius 2 is 2.26 bits per heavy atom. The van der Waals surface area contributed by atoms with Crippen LogP contribution in [0.15, 0.2) is 22.7 Å². The van der Waals surface area contributed by atoms with Crippen LogP contribution in [0.2, 0.25) is 0 Å². The fourth-order valence-electron chi connectivity index (χ4n) is 2.67. The number of hydrogen-bond acceptors (Lipinski definition) is 3. The number of halogens is 1. The standard InChI is InChI=1S/C14H19BrN2OS/c15-13-9-11(4-5-12(13)14(16)19)17-7-2-1-3-10(17)6-8-18/h4-5,9-10,18H,1-3,6-8H2,(H2,16,19). The maximum atomic E-state index is 9.19. The molecule has 1 aliphatic rings. The van der Waals surface area contributed by atoms with E-state index in [0.29, 0.717) is 11.0 Å². The second-order valence-corrected chi connectivity index (χ2v) is 6.18. The minimum atomic E-state index is 0.243. The topological polar surface area (TPSA) is 49.5 Å². The number of aliphatic hydroxyl groups excluding tert-OH is 1. The second-order valence-electron chi connectivity index (χ2n) is 4.88. The van der Waals surface area contributed by atoms with Crippen molar-refractivity contribution in [1.29, 1.82) is 0 Å². The van der Waals surface area contributed by atoms with Gasteiger partial charge in [0.1, 0.15) is 4.99 Å². The van der Waals surface area contributed by atoms with Crippen LogP contribution in [0.4, 0.5) is 5.69 Å². The molecule has 0 aromatic heterocycles. The zero-order valence-corrected chi connectivity index (χ0v) is 13.2. The van der Waals surface area contributed by atoms with Crippen molar-refractivity contribution in [1.82, 2.24) is 0 Å². The molecule has 0 spiro atoms. The summed E-state index contributed by atoms with van der Waals surface area (Å²) in [5.41, 5.74) is 7.71. The van der Waals surface area contributed by atoms with Gasteiger partial charge in [0, 0.05) is 34.9 Å². The summed E-state index contributed by atoms with van der Waals surface area (Å²) in [6.45, 7) is 1.29. The molecule has 1 heterocycles. The molecule has 1 aromatic rings. The number of anilines is 1. The fraction of sp³-hybridized carbons (Fsp3) is 0.500. The average Bonchev–Trinajstić information content (AvgIpc) is 2.39. The van der Waals surface area contributed by atoms with E-state index in [1.807, 2.05) is 6.07 Å². The lowest BCUT2D eigenvalue weighted by Gasteiger charge is -2.37. The Morgan fingerprint density at radius 3 is 2.89 bits per heavy atom. The van der Waals surface area contributed by atoms with Gasteiger partial charge in [-0.25, -0.2) is 0 Å². The molecule has 0 saturated carbocycles. The van der Waals surface area contributed by atoms with E-state index in [9.17, 15) is 5.11 Å². The highest BCUT2D eigenvalue weighted by atomic mass is 79.9. The van der Waals surface area contributed by atoms with Gasteiger partial charge in [-0.2, -0.15) is 0 Å². The van der Waals surface area contributed by atoms with Crippen LogP contribution in [-0.4, -0.2) is 29.3 Å². The predicted octanol–water partition coefficient (Wildman–Crippen LogP) is 2.82. The first-order chi connectivity index (χ1) is 9.13. The van der Waals surface area contributed by atoms with E-state index in [1.165, 1.54) is 18.5 Å². The van der Waals surface area contributed by atoms with Crippen LogP contribution in [0.5, 0.6) is 0 Å². The molecule has 0 bridgehead atoms. The van der Waals surface area contributed by atoms with E-state index in [2.05, 4.69) is 33.0 Å². The fourth-order valence-corrected chi connectivity index (χ4v) is 3.56. The van der Waals surface area contributed by atoms with Gasteiger partial charge in [-0.1, -0.05) is 12.2 Å². The summed E-state index contributed by atoms with van der Waals surface area (Å²) >= 11 is 8.54. The van der Waals surface area contributed by atoms with Crippen LogP contribution >= 0.6 is 28.1 Å². The molecule has 0 aliphatic carbocycles. The number of piperidine rings is 1. The van der Waals surface area contributed by atoms with Crippen LogP contribution in [-0.2, 0) is 0 Å². The number of benzene rings is 1. The summed E-state index contributed by atoms with van der Waals surface area (Å²) in [5.74, 6) is 0. The number of thiocarbonyl (C=S) groups is 1. The number of rotatable bonds is 4. The minimum Gasteiger partial charge on any atom is -0.396 e. The number of nitrogens with two attached hydrogens (primary N) is 1. The summed E-state index contributed by atoms with van der Waals surface area (Å²) in [5, 5.41) is 9.19. The van der Waals surface area contributed by atoms with Crippen molar-refractivity contribution in [2.75, 3.05) is 18.1 Å². The molecule has 1 unspecified atom stereocenters. The molecule has 3 N–H and O–H groups in total. The molecule has 1 aromatic carbocycles. The summed E-state index contributed by atoms with van der Waals surface area (Å²) in [6.07, 6.45) is 4.42. The maximum Gasteiger partial charge on any atom is 0.105 e. The third-order valence-corrected chi connectivity index (χ3v) is 4.52. The predicted molar refractivity (Wildman–Crippen MR) is 86.7 cm³/mol. The lowest BCUT2D eigenvalue weighted by atomic mass is 9.98. The smallest absolute Gasteiger partial charge is 0.105 e. The Morgan fingerprint density at radius 1 is 1.47 bits per heavy atom. The number of aliphatic hydroxyl groups is 1. The van der Waals surface area contributed by atoms with Gasteiger partial charge in [0.05, 0.1) is 0 Å². The van der Waals surface area contributed by atoms with E-state index in [4.69, 9.17) is 18.0 Å². The van der Waals surface area contributed by atoms with Gasteiger partial charge < -0.3 is 15.7 Å². The van der Waals surface area contributed by atoms with Gasteiger partial charge in [0.15, 0.2) is 0 Å². The zero-order chi connectivity index (χ0) is 13.8. The molecule has 104 valence electrons. The van der Waals surface area contributed by atoms with E-state index in [1.54, 1.807) is 0 Å². The highest BCUT2D eigenvalue weighted by Gasteiger charge is 2.22. The Labute approximate surface area is 127 Å². The summed E-state index contributed by atoms with van der Waals surface area (Å²) in [4.78, 5) is 2.79. The largest absolute Gasteiger partial charge is 0.396 e. The lowest BCUT2D eigenvalue weighted by molar-refractivity contribution is 0.262. The van der Waals surface area contributed by atoms with Crippen molar-refractivity contribution < 1.29 is 5.11 Å². The van der Waals surface area contributed by atoms with Gasteiger partial charge in [-0.15, -0.1) is 0 Å². The summed E-state index contributed by atoms with van der Waals surface area (Å²) in [7, 11) is 0. The van der Waals surface area contributed by atoms with Crippen molar-refractivity contribution >= 4 is 38.8 Å². The molecule has 19 heavy (non-hydrogen) atoms. The molecular formula is C14H19BrN2OS. The first-order valence-corrected chi connectivity index (χ1v) is 7.80. The highest BCUT2D eigenvalue weighted by Crippen LogP contribution is 2.30. The molecule has 0 radical (unpaired) electrons. The Bertz CT molecular complexity index is 465. The molecule has 0 amide bonds. The summed E-state index contributed by atoms with van der Waals surface area (Å²) in [6, 6.07) is 6.53. The molecule has 1 saturated heterocycles. The van der Waals surface area contributed by atoms with Gasteiger partial charge >= 0.3 is 0 Å².